The van der Waals surface area contributed by atoms with Crippen molar-refractivity contribution in [3.05, 3.63) is 35.9 Å². The number of ether oxygens (including phenoxy) is 1. The normalized spacial score (nSPS) is 22.9. The summed E-state index contributed by atoms with van der Waals surface area (Å²) >= 11 is 0. The number of esters is 1. The molecular weight excluding hydrogens is 1350 g/mol. The van der Waals surface area contributed by atoms with Crippen molar-refractivity contribution in [2.24, 2.45) is 53.1 Å². The Morgan fingerprint density at radius 3 is 1.61 bits per heavy atom. The summed E-state index contributed by atoms with van der Waals surface area (Å²) in [4.78, 5) is 202. The van der Waals surface area contributed by atoms with Gasteiger partial charge in [0.05, 0.1) is 6.10 Å². The highest BCUT2D eigenvalue weighted by Gasteiger charge is 2.45. The molecule has 2 heterocycles. The number of nitrogens with one attached hydrogen (secondary N) is 12. The molecule has 15 N–H and O–H groups in total. The van der Waals surface area contributed by atoms with E-state index in [2.05, 4.69) is 63.8 Å². The molecule has 1 aromatic rings. The minimum absolute atomic E-state index is 0.00824. The van der Waals surface area contributed by atoms with Gasteiger partial charge in [0, 0.05) is 19.4 Å². The topological polar surface area (TPSA) is 442 Å². The first-order chi connectivity index (χ1) is 49.2. The van der Waals surface area contributed by atoms with Gasteiger partial charge in [0.1, 0.15) is 84.6 Å². The van der Waals surface area contributed by atoms with Crippen LogP contribution in [0.4, 0.5) is 0 Å². The first-order valence-electron chi connectivity index (χ1n) is 37.8. The predicted molar refractivity (Wildman–Crippen MR) is 396 cm³/mol. The van der Waals surface area contributed by atoms with E-state index in [9.17, 15) is 62.6 Å². The van der Waals surface area contributed by atoms with E-state index in [0.717, 1.165) is 6.42 Å². The van der Waals surface area contributed by atoms with Gasteiger partial charge in [-0.15, -0.1) is 0 Å². The smallest absolute Gasteiger partial charge is 0.329 e. The highest BCUT2D eigenvalue weighted by Crippen LogP contribution is 2.23. The molecule has 3 rings (SSSR count). The maximum absolute atomic E-state index is 15.1. The third-order valence-electron chi connectivity index (χ3n) is 19.5. The minimum atomic E-state index is -1.82. The average Bonchev–Trinajstić information content (AvgIpc) is 1.78. The van der Waals surface area contributed by atoms with Crippen LogP contribution in [0.15, 0.2) is 30.3 Å². The van der Waals surface area contributed by atoms with E-state index in [1.165, 1.54) is 18.7 Å². The van der Waals surface area contributed by atoms with E-state index in [1.807, 2.05) is 13.8 Å². The van der Waals surface area contributed by atoms with Crippen molar-refractivity contribution in [3.8, 4) is 0 Å². The van der Waals surface area contributed by atoms with Crippen LogP contribution in [-0.4, -0.2) is 197 Å². The van der Waals surface area contributed by atoms with Crippen molar-refractivity contribution < 1.29 is 77.0 Å². The van der Waals surface area contributed by atoms with Gasteiger partial charge in [-0.05, 0) is 112 Å². The second-order valence-corrected chi connectivity index (χ2v) is 30.5. The van der Waals surface area contributed by atoms with Crippen LogP contribution in [0.25, 0.3) is 0 Å². The Bertz CT molecular complexity index is 3090. The quantitative estimate of drug-likeness (QED) is 0.0437. The second kappa shape index (κ2) is 44.0. The van der Waals surface area contributed by atoms with Crippen molar-refractivity contribution in [2.75, 3.05) is 13.1 Å². The van der Waals surface area contributed by atoms with Crippen LogP contribution >= 0.6 is 0 Å². The van der Waals surface area contributed by atoms with Crippen molar-refractivity contribution in [1.82, 2.24) is 68.7 Å². The fourth-order valence-corrected chi connectivity index (χ4v) is 12.3. The summed E-state index contributed by atoms with van der Waals surface area (Å²) in [6.45, 7) is 32.0. The lowest BCUT2D eigenvalue weighted by Crippen LogP contribution is -2.64. The predicted octanol–water partition coefficient (Wildman–Crippen LogP) is 1.71. The lowest BCUT2D eigenvalue weighted by molar-refractivity contribution is -0.157. The molecule has 0 aromatic heterocycles. The van der Waals surface area contributed by atoms with Crippen molar-refractivity contribution >= 4 is 82.8 Å². The standard InChI is InChI=1S/C75H126N14O16/c1-20-44(16)59(71(100)88-62-47(19)105-75(104)58(43(14)15)84-63(92)49(22-3)77-65(94)51(37-48-30-24-23-25-31-48)79-67(96)55(40(8)9)81-70(99)60(45(17)21-2)86-73(62)102)85-64(93)50(32-27-35-76)78-66(95)52-33-28-36-89(52)74(103)57(42(12)13)83-69(98)56(41(10)11)82-72(101)61(46(18)90)87-68(97)54(39(6)7)80-53(91)34-26-29-38(4)5/h23-25,30-31,38-47,49-52,54-62,90H,20-22,26-29,32-37,76H2,1-19H3,(H,77,94)(H,78,95)(H,79,96)(H,80,91)(H,81,99)(H,82,101)(H,83,98)(H,84,92)(H,85,93)(H,86,102)(H,87,97)(H,88,100)/t44-,45-,46-,47+,49-,50+,51+,52-,54-,55-,56+,57-,58+,59-,60-,61+,62-/m1/s1. The molecule has 1 aromatic carbocycles. The van der Waals surface area contributed by atoms with Crippen LogP contribution in [0.5, 0.6) is 0 Å². The summed E-state index contributed by atoms with van der Waals surface area (Å²) in [6, 6.07) is -8.70. The largest absolute Gasteiger partial charge is 0.458 e. The molecule has 0 bridgehead atoms. The fourth-order valence-electron chi connectivity index (χ4n) is 12.3. The minimum Gasteiger partial charge on any atom is -0.458 e. The van der Waals surface area contributed by atoms with Crippen molar-refractivity contribution in [3.63, 3.8) is 0 Å². The molecular formula is C75H126N14O16. The molecule has 30 nitrogen and oxygen atoms in total. The fraction of sp³-hybridized carbons (Fsp3) is 0.733. The highest BCUT2D eigenvalue weighted by atomic mass is 16.5. The molecule has 0 spiro atoms. The number of hydrogen-bond donors (Lipinski definition) is 14. The van der Waals surface area contributed by atoms with Crippen LogP contribution in [0.1, 0.15) is 201 Å². The summed E-state index contributed by atoms with van der Waals surface area (Å²) < 4.78 is 5.98. The van der Waals surface area contributed by atoms with Crippen LogP contribution in [0.3, 0.4) is 0 Å². The van der Waals surface area contributed by atoms with Gasteiger partial charge in [-0.2, -0.15) is 0 Å². The molecule has 13 amide bonds. The average molecular weight is 1480 g/mol. The molecule has 0 unspecified atom stereocenters. The van der Waals surface area contributed by atoms with Gasteiger partial charge in [-0.25, -0.2) is 4.79 Å². The molecule has 0 saturated carbocycles. The van der Waals surface area contributed by atoms with E-state index in [1.54, 1.807) is 134 Å². The molecule has 30 heteroatoms. The summed E-state index contributed by atoms with van der Waals surface area (Å²) in [7, 11) is 0. The SMILES string of the molecule is CC[C@@H](C)[C@@H](NC(=O)[C@H](CCCN)NC(=O)[C@H]1CCCN1C(=O)[C@H](NC(=O)[C@@H](NC(=O)[C@@H](NC(=O)[C@H](NC(=O)CCCC(C)C)C(C)C)[C@@H](C)O)C(C)C)C(C)C)C(=O)N[C@H]1C(=O)N[C@H]([C@H](C)CC)C(=O)N[C@H](C(C)C)C(=O)N[C@@H](Cc2ccccc2)C(=O)N[C@H](CC)C(=O)N[C@@H](C(C)C)C(=O)O[C@H]1C. The number of carbonyl (C=O) groups is 14. The van der Waals surface area contributed by atoms with Gasteiger partial charge in [-0.1, -0.05) is 167 Å². The Morgan fingerprint density at radius 1 is 0.562 bits per heavy atom. The van der Waals surface area contributed by atoms with Crippen LogP contribution in [0.2, 0.25) is 0 Å². The Morgan fingerprint density at radius 2 is 1.08 bits per heavy atom. The second-order valence-electron chi connectivity index (χ2n) is 30.5. The lowest BCUT2D eigenvalue weighted by atomic mass is 9.95. The lowest BCUT2D eigenvalue weighted by Gasteiger charge is -2.34. The summed E-state index contributed by atoms with van der Waals surface area (Å²) in [5.41, 5.74) is 6.64. The summed E-state index contributed by atoms with van der Waals surface area (Å²) in [6.07, 6.45) is -0.170. The Kier molecular flexibility index (Phi) is 38.1. The van der Waals surface area contributed by atoms with Gasteiger partial charge >= 0.3 is 5.97 Å². The van der Waals surface area contributed by atoms with Crippen molar-refractivity contribution in [2.45, 2.75) is 293 Å². The number of carbonyl (C=O) groups excluding carboxylic acids is 14. The van der Waals surface area contributed by atoms with Gasteiger partial charge in [0.25, 0.3) is 0 Å². The number of likely N-dealkylation sites (tertiary alicyclic amines) is 1. The van der Waals surface area contributed by atoms with E-state index < -0.39 is 209 Å². The Balaban J connectivity index is 2.00. The maximum atomic E-state index is 15.1. The van der Waals surface area contributed by atoms with Crippen LogP contribution in [0, 0.1) is 47.3 Å². The molecule has 2 aliphatic heterocycles. The molecule has 0 radical (unpaired) electrons. The monoisotopic (exact) mass is 1480 g/mol. The number of rotatable bonds is 34. The maximum Gasteiger partial charge on any atom is 0.329 e. The first kappa shape index (κ1) is 90.9. The highest BCUT2D eigenvalue weighted by molar-refractivity contribution is 6.01. The van der Waals surface area contributed by atoms with Gasteiger partial charge in [0.15, 0.2) is 0 Å². The molecule has 2 saturated heterocycles. The number of benzene rings is 1. The molecule has 0 aliphatic carbocycles. The molecule has 2 aliphatic rings. The Labute approximate surface area is 620 Å². The van der Waals surface area contributed by atoms with Crippen LogP contribution in [-0.2, 0) is 78.3 Å². The zero-order chi connectivity index (χ0) is 79.4. The third kappa shape index (κ3) is 27.9. The zero-order valence-corrected chi connectivity index (χ0v) is 65.5. The van der Waals surface area contributed by atoms with E-state index >= 15 is 9.59 Å². The Hall–Kier alpha value is -8.28. The molecule has 105 heavy (non-hydrogen) atoms. The third-order valence-corrected chi connectivity index (χ3v) is 19.5. The number of aliphatic hydroxyl groups is 1. The van der Waals surface area contributed by atoms with Gasteiger partial charge < -0.3 is 84.3 Å². The molecule has 2 fully saturated rings. The number of aliphatic hydroxyl groups excluding tert-OH is 1. The zero-order valence-electron chi connectivity index (χ0n) is 65.5. The summed E-state index contributed by atoms with van der Waals surface area (Å²) in [5, 5.41) is 43.4. The van der Waals surface area contributed by atoms with Gasteiger partial charge in [0.2, 0.25) is 76.8 Å². The number of nitrogens with two attached hydrogens (primary N) is 1. The van der Waals surface area contributed by atoms with E-state index in [0.29, 0.717) is 30.7 Å². The van der Waals surface area contributed by atoms with E-state index in [4.69, 9.17) is 10.5 Å². The van der Waals surface area contributed by atoms with Crippen LogP contribution < -0.4 is 69.5 Å². The first-order valence-corrected chi connectivity index (χ1v) is 37.8. The summed E-state index contributed by atoms with van der Waals surface area (Å²) in [5.74, 6) is -14.8. The number of hydrogen-bond acceptors (Lipinski definition) is 17. The molecule has 592 valence electrons. The number of nitrogens with zero attached hydrogens (tertiary/aromatic N) is 1. The molecule has 17 atom stereocenters. The van der Waals surface area contributed by atoms with Crippen molar-refractivity contribution in [1.29, 1.82) is 0 Å². The number of cyclic esters (lactones) is 1. The van der Waals surface area contributed by atoms with Gasteiger partial charge in [-0.3, -0.25) is 62.3 Å². The number of amides is 13. The van der Waals surface area contributed by atoms with E-state index in [-0.39, 0.29) is 63.9 Å².